The number of rotatable bonds is 6. The number of ether oxygens (including phenoxy) is 1. The van der Waals surface area contributed by atoms with Crippen LogP contribution in [0.25, 0.3) is 0 Å². The van der Waals surface area contributed by atoms with E-state index >= 15 is 0 Å². The van der Waals surface area contributed by atoms with E-state index in [0.717, 1.165) is 44.6 Å². The van der Waals surface area contributed by atoms with Gasteiger partial charge in [0.25, 0.3) is 5.91 Å². The summed E-state index contributed by atoms with van der Waals surface area (Å²) in [5, 5.41) is 0. The number of carbonyl (C=O) groups excluding carboxylic acids is 3. The van der Waals surface area contributed by atoms with Gasteiger partial charge in [-0.2, -0.15) is 0 Å². The molecular weight excluding hydrogens is 358 g/mol. The summed E-state index contributed by atoms with van der Waals surface area (Å²) in [4.78, 5) is 43.0. The standard InChI is InChI=1S/C21H23N3O4/c25-19(15-12-18(22-13-15)21(27)23-9-1-2-10-23)14-28-17-7-5-16(6-8-17)24-11-3-4-20(24)26/h5-8,12-13,22H,1-4,9-11,14H2. The van der Waals surface area contributed by atoms with Crippen molar-refractivity contribution in [3.63, 3.8) is 0 Å². The lowest BCUT2D eigenvalue weighted by Gasteiger charge is -2.16. The van der Waals surface area contributed by atoms with E-state index in [9.17, 15) is 14.4 Å². The molecule has 0 unspecified atom stereocenters. The zero-order valence-electron chi connectivity index (χ0n) is 15.6. The maximum atomic E-state index is 12.4. The summed E-state index contributed by atoms with van der Waals surface area (Å²) in [7, 11) is 0. The Morgan fingerprint density at radius 3 is 2.46 bits per heavy atom. The summed E-state index contributed by atoms with van der Waals surface area (Å²) >= 11 is 0. The number of Topliss-reactive ketones (excluding diaryl/α,β-unsaturated/α-hetero) is 1. The van der Waals surface area contributed by atoms with Gasteiger partial charge in [-0.05, 0) is 49.6 Å². The highest BCUT2D eigenvalue weighted by Crippen LogP contribution is 2.24. The van der Waals surface area contributed by atoms with Crippen LogP contribution in [0.15, 0.2) is 36.5 Å². The van der Waals surface area contributed by atoms with Gasteiger partial charge in [0.15, 0.2) is 6.61 Å². The molecule has 0 radical (unpaired) electrons. The van der Waals surface area contributed by atoms with Gasteiger partial charge < -0.3 is 19.5 Å². The average molecular weight is 381 g/mol. The highest BCUT2D eigenvalue weighted by Gasteiger charge is 2.23. The van der Waals surface area contributed by atoms with Crippen molar-refractivity contribution in [2.75, 3.05) is 31.1 Å². The van der Waals surface area contributed by atoms with Crippen LogP contribution >= 0.6 is 0 Å². The summed E-state index contributed by atoms with van der Waals surface area (Å²) in [6, 6.07) is 8.76. The molecule has 2 aliphatic rings. The van der Waals surface area contributed by atoms with Crippen molar-refractivity contribution in [2.24, 2.45) is 0 Å². The summed E-state index contributed by atoms with van der Waals surface area (Å²) in [5.41, 5.74) is 1.71. The fourth-order valence-corrected chi connectivity index (χ4v) is 3.65. The van der Waals surface area contributed by atoms with Gasteiger partial charge >= 0.3 is 0 Å². The van der Waals surface area contributed by atoms with E-state index in [4.69, 9.17) is 4.74 Å². The number of nitrogens with zero attached hydrogens (tertiary/aromatic N) is 2. The second-order valence-electron chi connectivity index (χ2n) is 7.16. The molecule has 1 aromatic heterocycles. The molecule has 0 aliphatic carbocycles. The van der Waals surface area contributed by atoms with E-state index in [1.807, 2.05) is 12.1 Å². The van der Waals surface area contributed by atoms with Crippen molar-refractivity contribution in [1.29, 1.82) is 0 Å². The second kappa shape index (κ2) is 7.88. The Bertz CT molecular complexity index is 881. The van der Waals surface area contributed by atoms with E-state index in [-0.39, 0.29) is 24.2 Å². The zero-order valence-corrected chi connectivity index (χ0v) is 15.6. The molecule has 146 valence electrons. The van der Waals surface area contributed by atoms with Crippen LogP contribution in [0.4, 0.5) is 5.69 Å². The number of aromatic amines is 1. The van der Waals surface area contributed by atoms with Crippen LogP contribution < -0.4 is 9.64 Å². The summed E-state index contributed by atoms with van der Waals surface area (Å²) < 4.78 is 5.57. The number of benzene rings is 1. The monoisotopic (exact) mass is 381 g/mol. The van der Waals surface area contributed by atoms with Crippen LogP contribution in [0.3, 0.4) is 0 Å². The number of carbonyl (C=O) groups is 3. The minimum Gasteiger partial charge on any atom is -0.485 e. The largest absolute Gasteiger partial charge is 0.485 e. The van der Waals surface area contributed by atoms with Gasteiger partial charge in [0.1, 0.15) is 11.4 Å². The van der Waals surface area contributed by atoms with Crippen molar-refractivity contribution in [3.05, 3.63) is 47.8 Å². The quantitative estimate of drug-likeness (QED) is 0.780. The molecular formula is C21H23N3O4. The fourth-order valence-electron chi connectivity index (χ4n) is 3.65. The molecule has 2 aliphatic heterocycles. The Hall–Kier alpha value is -3.09. The number of amides is 2. The highest BCUT2D eigenvalue weighted by molar-refractivity contribution is 6.01. The summed E-state index contributed by atoms with van der Waals surface area (Å²) in [5.74, 6) is 0.434. The van der Waals surface area contributed by atoms with Crippen LogP contribution in [0.2, 0.25) is 0 Å². The molecule has 2 fully saturated rings. The maximum absolute atomic E-state index is 12.4. The van der Waals surface area contributed by atoms with Gasteiger partial charge in [0.05, 0.1) is 0 Å². The number of hydrogen-bond donors (Lipinski definition) is 1. The molecule has 0 bridgehead atoms. The first-order chi connectivity index (χ1) is 13.6. The normalized spacial score (nSPS) is 16.6. The number of H-pyrrole nitrogens is 1. The predicted octanol–water partition coefficient (Wildman–Crippen LogP) is 2.64. The molecule has 1 aromatic carbocycles. The molecule has 1 N–H and O–H groups in total. The van der Waals surface area contributed by atoms with Crippen molar-refractivity contribution in [2.45, 2.75) is 25.7 Å². The second-order valence-corrected chi connectivity index (χ2v) is 7.16. The van der Waals surface area contributed by atoms with Crippen molar-refractivity contribution < 1.29 is 19.1 Å². The predicted molar refractivity (Wildman–Crippen MR) is 104 cm³/mol. The van der Waals surface area contributed by atoms with Crippen LogP contribution in [-0.2, 0) is 4.79 Å². The molecule has 2 saturated heterocycles. The third-order valence-electron chi connectivity index (χ3n) is 5.22. The summed E-state index contributed by atoms with van der Waals surface area (Å²) in [6.45, 7) is 2.16. The topological polar surface area (TPSA) is 82.7 Å². The third-order valence-corrected chi connectivity index (χ3v) is 5.22. The van der Waals surface area contributed by atoms with Crippen LogP contribution in [0, 0.1) is 0 Å². The van der Waals surface area contributed by atoms with Crippen LogP contribution in [-0.4, -0.2) is 53.7 Å². The smallest absolute Gasteiger partial charge is 0.270 e. The molecule has 28 heavy (non-hydrogen) atoms. The van der Waals surface area contributed by atoms with E-state index in [2.05, 4.69) is 4.98 Å². The lowest BCUT2D eigenvalue weighted by Crippen LogP contribution is -2.27. The van der Waals surface area contributed by atoms with E-state index in [1.165, 1.54) is 0 Å². The Kier molecular flexibility index (Phi) is 5.14. The Morgan fingerprint density at radius 2 is 1.79 bits per heavy atom. The average Bonchev–Trinajstić information content (AvgIpc) is 3.47. The molecule has 0 atom stereocenters. The van der Waals surface area contributed by atoms with E-state index < -0.39 is 0 Å². The lowest BCUT2D eigenvalue weighted by atomic mass is 10.2. The number of likely N-dealkylation sites (tertiary alicyclic amines) is 1. The minimum atomic E-state index is -0.199. The first-order valence-corrected chi connectivity index (χ1v) is 9.66. The van der Waals surface area contributed by atoms with Crippen molar-refractivity contribution in [1.82, 2.24) is 9.88 Å². The molecule has 3 heterocycles. The first-order valence-electron chi connectivity index (χ1n) is 9.66. The number of ketones is 1. The number of anilines is 1. The number of nitrogens with one attached hydrogen (secondary N) is 1. The molecule has 2 amide bonds. The summed E-state index contributed by atoms with van der Waals surface area (Å²) in [6.07, 6.45) is 5.07. The van der Waals surface area contributed by atoms with E-state index in [0.29, 0.717) is 23.4 Å². The third kappa shape index (κ3) is 3.78. The maximum Gasteiger partial charge on any atom is 0.270 e. The highest BCUT2D eigenvalue weighted by atomic mass is 16.5. The van der Waals surface area contributed by atoms with Crippen molar-refractivity contribution in [3.8, 4) is 5.75 Å². The minimum absolute atomic E-state index is 0.0653. The Morgan fingerprint density at radius 1 is 1.04 bits per heavy atom. The van der Waals surface area contributed by atoms with Gasteiger partial charge in [-0.3, -0.25) is 14.4 Å². The van der Waals surface area contributed by atoms with Crippen LogP contribution in [0.1, 0.15) is 46.5 Å². The molecule has 7 heteroatoms. The number of hydrogen-bond acceptors (Lipinski definition) is 4. The molecule has 0 saturated carbocycles. The van der Waals surface area contributed by atoms with Gasteiger partial charge in [-0.25, -0.2) is 0 Å². The zero-order chi connectivity index (χ0) is 19.5. The van der Waals surface area contributed by atoms with Gasteiger partial charge in [-0.1, -0.05) is 0 Å². The SMILES string of the molecule is O=C(COc1ccc(N2CCCC2=O)cc1)c1c[nH]c(C(=O)N2CCCC2)c1. The van der Waals surface area contributed by atoms with Gasteiger partial charge in [0.2, 0.25) is 11.7 Å². The van der Waals surface area contributed by atoms with Crippen molar-refractivity contribution >= 4 is 23.3 Å². The van der Waals surface area contributed by atoms with Gasteiger partial charge in [-0.15, -0.1) is 0 Å². The molecule has 4 rings (SSSR count). The van der Waals surface area contributed by atoms with Gasteiger partial charge in [0, 0.05) is 43.5 Å². The molecule has 0 spiro atoms. The fraction of sp³-hybridized carbons (Fsp3) is 0.381. The lowest BCUT2D eigenvalue weighted by molar-refractivity contribution is -0.117. The van der Waals surface area contributed by atoms with Crippen LogP contribution in [0.5, 0.6) is 5.75 Å². The molecule has 2 aromatic rings. The first kappa shape index (κ1) is 18.3. The van der Waals surface area contributed by atoms with E-state index in [1.54, 1.807) is 34.2 Å². The Balaban J connectivity index is 1.33. The molecule has 7 nitrogen and oxygen atoms in total. The number of aromatic nitrogens is 1. The Labute approximate surface area is 163 Å².